The summed E-state index contributed by atoms with van der Waals surface area (Å²) in [7, 11) is 0. The van der Waals surface area contributed by atoms with Crippen molar-refractivity contribution in [3.8, 4) is 0 Å². The molecular formula is C22H32N3O+. The van der Waals surface area contributed by atoms with Crippen LogP contribution >= 0.6 is 0 Å². The van der Waals surface area contributed by atoms with E-state index in [1.54, 1.807) is 0 Å². The SMILES string of the molecule is CC(C)(C)CC(C)(C)[NH2+]CC(=O)Nc1c2c(nc3ccccc13)CCC2. The van der Waals surface area contributed by atoms with E-state index >= 15 is 0 Å². The number of anilines is 1. The molecule has 3 N–H and O–H groups in total. The molecule has 1 aliphatic rings. The summed E-state index contributed by atoms with van der Waals surface area (Å²) < 4.78 is 0. The predicted molar refractivity (Wildman–Crippen MR) is 107 cm³/mol. The van der Waals surface area contributed by atoms with Crippen LogP contribution in [0.2, 0.25) is 0 Å². The molecule has 0 fully saturated rings. The summed E-state index contributed by atoms with van der Waals surface area (Å²) in [5.41, 5.74) is 4.62. The van der Waals surface area contributed by atoms with Gasteiger partial charge in [0.05, 0.1) is 16.7 Å². The second-order valence-electron chi connectivity index (χ2n) is 9.47. The molecule has 1 heterocycles. The average molecular weight is 355 g/mol. The Kier molecular flexibility index (Phi) is 5.07. The van der Waals surface area contributed by atoms with Crippen LogP contribution in [0.15, 0.2) is 24.3 Å². The number of quaternary nitrogens is 1. The van der Waals surface area contributed by atoms with Gasteiger partial charge in [0.2, 0.25) is 0 Å². The van der Waals surface area contributed by atoms with Crippen LogP contribution in [0, 0.1) is 5.41 Å². The summed E-state index contributed by atoms with van der Waals surface area (Å²) in [6, 6.07) is 8.11. The van der Waals surface area contributed by atoms with E-state index in [0.717, 1.165) is 48.0 Å². The minimum Gasteiger partial charge on any atom is -0.334 e. The number of fused-ring (bicyclic) bond motifs is 2. The third kappa shape index (κ3) is 4.42. The molecule has 0 unspecified atom stereocenters. The van der Waals surface area contributed by atoms with Gasteiger partial charge in [-0.3, -0.25) is 9.78 Å². The zero-order valence-corrected chi connectivity index (χ0v) is 16.8. The van der Waals surface area contributed by atoms with E-state index in [1.165, 1.54) is 5.56 Å². The van der Waals surface area contributed by atoms with Gasteiger partial charge >= 0.3 is 0 Å². The molecule has 4 heteroatoms. The summed E-state index contributed by atoms with van der Waals surface area (Å²) in [5, 5.41) is 6.43. The molecule has 3 rings (SSSR count). The number of hydrogen-bond donors (Lipinski definition) is 2. The van der Waals surface area contributed by atoms with Gasteiger partial charge in [0.25, 0.3) is 5.91 Å². The number of aryl methyl sites for hydroxylation is 1. The van der Waals surface area contributed by atoms with Gasteiger partial charge in [-0.05, 0) is 50.2 Å². The topological polar surface area (TPSA) is 58.6 Å². The van der Waals surface area contributed by atoms with Gasteiger partial charge in [-0.1, -0.05) is 39.0 Å². The quantitative estimate of drug-likeness (QED) is 0.864. The van der Waals surface area contributed by atoms with E-state index in [1.807, 2.05) is 18.2 Å². The number of carbonyl (C=O) groups excluding carboxylic acids is 1. The van der Waals surface area contributed by atoms with Crippen LogP contribution < -0.4 is 10.6 Å². The molecule has 4 nitrogen and oxygen atoms in total. The molecule has 26 heavy (non-hydrogen) atoms. The lowest BCUT2D eigenvalue weighted by Gasteiger charge is -2.30. The predicted octanol–water partition coefficient (Wildman–Crippen LogP) is 3.44. The zero-order valence-electron chi connectivity index (χ0n) is 16.8. The monoisotopic (exact) mass is 354 g/mol. The van der Waals surface area contributed by atoms with Crippen LogP contribution in [0.4, 0.5) is 5.69 Å². The minimum atomic E-state index is 0.0395. The average Bonchev–Trinajstić information content (AvgIpc) is 2.99. The van der Waals surface area contributed by atoms with Crippen molar-refractivity contribution in [3.63, 3.8) is 0 Å². The molecular weight excluding hydrogens is 322 g/mol. The summed E-state index contributed by atoms with van der Waals surface area (Å²) in [6.45, 7) is 11.6. The Labute approximate surface area is 156 Å². The smallest absolute Gasteiger partial charge is 0.279 e. The molecule has 0 bridgehead atoms. The fourth-order valence-electron chi connectivity index (χ4n) is 4.35. The van der Waals surface area contributed by atoms with Crippen molar-refractivity contribution in [2.45, 2.75) is 65.8 Å². The number of carbonyl (C=O) groups is 1. The molecule has 0 radical (unpaired) electrons. The van der Waals surface area contributed by atoms with E-state index in [9.17, 15) is 4.79 Å². The van der Waals surface area contributed by atoms with Crippen LogP contribution in [0.5, 0.6) is 0 Å². The van der Waals surface area contributed by atoms with E-state index in [4.69, 9.17) is 4.98 Å². The summed E-state index contributed by atoms with van der Waals surface area (Å²) in [4.78, 5) is 17.5. The molecule has 0 saturated heterocycles. The lowest BCUT2D eigenvalue weighted by molar-refractivity contribution is -0.713. The van der Waals surface area contributed by atoms with Crippen molar-refractivity contribution >= 4 is 22.5 Å². The molecule has 0 spiro atoms. The minimum absolute atomic E-state index is 0.0395. The highest BCUT2D eigenvalue weighted by atomic mass is 16.1. The number of nitrogens with two attached hydrogens (primary N) is 1. The Morgan fingerprint density at radius 1 is 1.15 bits per heavy atom. The first-order valence-electron chi connectivity index (χ1n) is 9.69. The third-order valence-electron chi connectivity index (χ3n) is 5.01. The lowest BCUT2D eigenvalue weighted by Crippen LogP contribution is -2.97. The van der Waals surface area contributed by atoms with E-state index < -0.39 is 0 Å². The van der Waals surface area contributed by atoms with Crippen molar-refractivity contribution in [2.75, 3.05) is 11.9 Å². The number of amides is 1. The number of benzene rings is 1. The van der Waals surface area contributed by atoms with Gasteiger partial charge in [-0.15, -0.1) is 0 Å². The fraction of sp³-hybridized carbons (Fsp3) is 0.545. The van der Waals surface area contributed by atoms with E-state index in [0.29, 0.717) is 6.54 Å². The number of aromatic nitrogens is 1. The number of nitrogens with one attached hydrogen (secondary N) is 1. The number of nitrogens with zero attached hydrogens (tertiary/aromatic N) is 1. The molecule has 1 aromatic heterocycles. The van der Waals surface area contributed by atoms with Crippen molar-refractivity contribution in [1.82, 2.24) is 4.98 Å². The normalized spacial score (nSPS) is 14.5. The maximum absolute atomic E-state index is 12.7. The molecule has 1 aliphatic carbocycles. The molecule has 0 saturated carbocycles. The van der Waals surface area contributed by atoms with Crippen LogP contribution in [0.3, 0.4) is 0 Å². The zero-order chi connectivity index (χ0) is 18.9. The molecule has 0 aliphatic heterocycles. The highest BCUT2D eigenvalue weighted by molar-refractivity contribution is 6.03. The Morgan fingerprint density at radius 3 is 2.62 bits per heavy atom. The molecule has 1 aromatic carbocycles. The van der Waals surface area contributed by atoms with Crippen LogP contribution in [0.25, 0.3) is 10.9 Å². The van der Waals surface area contributed by atoms with Gasteiger partial charge in [0.15, 0.2) is 6.54 Å². The summed E-state index contributed by atoms with van der Waals surface area (Å²) >= 11 is 0. The van der Waals surface area contributed by atoms with Gasteiger partial charge in [-0.2, -0.15) is 0 Å². The maximum Gasteiger partial charge on any atom is 0.279 e. The Hall–Kier alpha value is -1.94. The standard InChI is InChI=1S/C22H31N3O/c1-21(2,3)14-22(4,5)23-13-19(26)25-20-15-9-6-7-11-17(15)24-18-12-8-10-16(18)20/h6-7,9,11,23H,8,10,12-14H2,1-5H3,(H,24,25,26)/p+1. The van der Waals surface area contributed by atoms with E-state index in [2.05, 4.69) is 51.3 Å². The number of pyridine rings is 1. The summed E-state index contributed by atoms with van der Waals surface area (Å²) in [6.07, 6.45) is 4.18. The Morgan fingerprint density at radius 2 is 1.88 bits per heavy atom. The lowest BCUT2D eigenvalue weighted by atomic mass is 9.82. The second-order valence-corrected chi connectivity index (χ2v) is 9.47. The highest BCUT2D eigenvalue weighted by Gasteiger charge is 2.29. The molecule has 140 valence electrons. The van der Waals surface area contributed by atoms with Crippen molar-refractivity contribution < 1.29 is 10.1 Å². The number of para-hydroxylation sites is 1. The van der Waals surface area contributed by atoms with Gasteiger partial charge in [0, 0.05) is 17.5 Å². The largest absolute Gasteiger partial charge is 0.334 e. The van der Waals surface area contributed by atoms with Gasteiger partial charge in [0.1, 0.15) is 0 Å². The first kappa shape index (κ1) is 18.8. The van der Waals surface area contributed by atoms with Crippen LogP contribution in [0.1, 0.15) is 58.7 Å². The van der Waals surface area contributed by atoms with Crippen molar-refractivity contribution in [1.29, 1.82) is 0 Å². The molecule has 0 atom stereocenters. The van der Waals surface area contributed by atoms with Gasteiger partial charge in [-0.25, -0.2) is 0 Å². The van der Waals surface area contributed by atoms with Crippen molar-refractivity contribution in [3.05, 3.63) is 35.5 Å². The third-order valence-corrected chi connectivity index (χ3v) is 5.01. The second kappa shape index (κ2) is 6.99. The Bertz CT molecular complexity index is 818. The Balaban J connectivity index is 1.76. The fourth-order valence-corrected chi connectivity index (χ4v) is 4.35. The molecule has 2 aromatic rings. The highest BCUT2D eigenvalue weighted by Crippen LogP contribution is 2.33. The first-order chi connectivity index (χ1) is 12.1. The first-order valence-corrected chi connectivity index (χ1v) is 9.69. The van der Waals surface area contributed by atoms with Gasteiger partial charge < -0.3 is 10.6 Å². The molecule has 1 amide bonds. The van der Waals surface area contributed by atoms with Crippen LogP contribution in [-0.2, 0) is 17.6 Å². The maximum atomic E-state index is 12.7. The van der Waals surface area contributed by atoms with E-state index in [-0.39, 0.29) is 16.9 Å². The van der Waals surface area contributed by atoms with Crippen LogP contribution in [-0.4, -0.2) is 23.0 Å². The number of rotatable bonds is 5. The summed E-state index contributed by atoms with van der Waals surface area (Å²) in [5.74, 6) is 0.0671. The number of hydrogen-bond acceptors (Lipinski definition) is 2. The van der Waals surface area contributed by atoms with Crippen molar-refractivity contribution in [2.24, 2.45) is 5.41 Å².